The van der Waals surface area contributed by atoms with E-state index in [1.54, 1.807) is 36.7 Å². The molecule has 1 heterocycles. The molecular formula is C13H15N5O2. The summed E-state index contributed by atoms with van der Waals surface area (Å²) >= 11 is 0. The molecule has 0 aliphatic rings. The first-order valence-electron chi connectivity index (χ1n) is 5.94. The molecule has 1 aromatic carbocycles. The lowest BCUT2D eigenvalue weighted by atomic mass is 10.1. The Labute approximate surface area is 115 Å². The van der Waals surface area contributed by atoms with Crippen LogP contribution in [0, 0.1) is 0 Å². The summed E-state index contributed by atoms with van der Waals surface area (Å²) in [6.45, 7) is 0.329. The summed E-state index contributed by atoms with van der Waals surface area (Å²) in [5.41, 5.74) is 6.41. The van der Waals surface area contributed by atoms with Gasteiger partial charge in [-0.3, -0.25) is 4.79 Å². The topological polar surface area (TPSA) is 106 Å². The van der Waals surface area contributed by atoms with Crippen molar-refractivity contribution < 1.29 is 10.0 Å². The maximum absolute atomic E-state index is 12.0. The Balaban J connectivity index is 2.08. The molecule has 20 heavy (non-hydrogen) atoms. The number of imidazole rings is 1. The van der Waals surface area contributed by atoms with Gasteiger partial charge in [-0.2, -0.15) is 0 Å². The third-order valence-corrected chi connectivity index (χ3v) is 2.86. The van der Waals surface area contributed by atoms with E-state index in [-0.39, 0.29) is 11.7 Å². The van der Waals surface area contributed by atoms with Crippen LogP contribution in [-0.4, -0.2) is 26.5 Å². The van der Waals surface area contributed by atoms with Crippen molar-refractivity contribution in [3.05, 3.63) is 53.6 Å². The van der Waals surface area contributed by atoms with Crippen LogP contribution in [0.15, 0.2) is 41.8 Å². The van der Waals surface area contributed by atoms with Crippen molar-refractivity contribution in [2.24, 2.45) is 17.9 Å². The second-order valence-electron chi connectivity index (χ2n) is 4.20. The number of aromatic nitrogens is 2. The average Bonchev–Trinajstić information content (AvgIpc) is 2.89. The van der Waals surface area contributed by atoms with Gasteiger partial charge in [-0.25, -0.2) is 4.98 Å². The van der Waals surface area contributed by atoms with Gasteiger partial charge in [0.25, 0.3) is 5.91 Å². The van der Waals surface area contributed by atoms with Crippen LogP contribution in [0.1, 0.15) is 21.7 Å². The molecule has 0 bridgehead atoms. The lowest BCUT2D eigenvalue weighted by Crippen LogP contribution is -2.25. The Kier molecular flexibility index (Phi) is 3.99. The number of oxime groups is 1. The molecule has 0 saturated heterocycles. The Morgan fingerprint density at radius 2 is 2.25 bits per heavy atom. The molecule has 0 radical (unpaired) electrons. The third kappa shape index (κ3) is 2.94. The number of amidine groups is 1. The maximum Gasteiger partial charge on any atom is 0.251 e. The fraction of sp³-hybridized carbons (Fsp3) is 0.154. The number of benzene rings is 1. The number of carbonyl (C=O) groups is 1. The van der Waals surface area contributed by atoms with Gasteiger partial charge in [0.05, 0.1) is 6.54 Å². The molecule has 2 aromatic rings. The summed E-state index contributed by atoms with van der Waals surface area (Å²) in [5, 5.41) is 14.3. The minimum atomic E-state index is -0.249. The van der Waals surface area contributed by atoms with Crippen molar-refractivity contribution in [3.63, 3.8) is 0 Å². The van der Waals surface area contributed by atoms with Gasteiger partial charge < -0.3 is 20.8 Å². The number of rotatable bonds is 4. The Morgan fingerprint density at radius 1 is 1.50 bits per heavy atom. The number of nitrogens with zero attached hydrogens (tertiary/aromatic N) is 3. The van der Waals surface area contributed by atoms with Crippen LogP contribution < -0.4 is 11.1 Å². The van der Waals surface area contributed by atoms with Crippen molar-refractivity contribution in [1.82, 2.24) is 14.9 Å². The van der Waals surface area contributed by atoms with E-state index in [0.29, 0.717) is 17.7 Å². The fourth-order valence-electron chi connectivity index (χ4n) is 1.71. The second-order valence-corrected chi connectivity index (χ2v) is 4.20. The third-order valence-electron chi connectivity index (χ3n) is 2.86. The first-order chi connectivity index (χ1) is 9.61. The molecule has 0 spiro atoms. The van der Waals surface area contributed by atoms with Crippen molar-refractivity contribution in [2.45, 2.75) is 6.54 Å². The Morgan fingerprint density at radius 3 is 2.90 bits per heavy atom. The van der Waals surface area contributed by atoms with E-state index in [2.05, 4.69) is 15.5 Å². The largest absolute Gasteiger partial charge is 0.409 e. The van der Waals surface area contributed by atoms with Crippen molar-refractivity contribution in [2.75, 3.05) is 0 Å². The number of nitrogens with two attached hydrogens (primary N) is 1. The highest BCUT2D eigenvalue weighted by Gasteiger charge is 2.09. The molecule has 0 saturated carbocycles. The number of hydrogen-bond acceptors (Lipinski definition) is 4. The van der Waals surface area contributed by atoms with E-state index in [1.165, 1.54) is 0 Å². The van der Waals surface area contributed by atoms with Crippen LogP contribution in [0.4, 0.5) is 0 Å². The lowest BCUT2D eigenvalue weighted by molar-refractivity contribution is 0.0949. The quantitative estimate of drug-likeness (QED) is 0.325. The van der Waals surface area contributed by atoms with Crippen LogP contribution in [0.5, 0.6) is 0 Å². The van der Waals surface area contributed by atoms with Gasteiger partial charge in [0.1, 0.15) is 5.82 Å². The number of hydrogen-bond donors (Lipinski definition) is 3. The van der Waals surface area contributed by atoms with Crippen LogP contribution >= 0.6 is 0 Å². The normalized spacial score (nSPS) is 11.3. The monoisotopic (exact) mass is 273 g/mol. The summed E-state index contributed by atoms with van der Waals surface area (Å²) in [7, 11) is 1.85. The highest BCUT2D eigenvalue weighted by atomic mass is 16.4. The molecule has 7 heteroatoms. The van der Waals surface area contributed by atoms with E-state index >= 15 is 0 Å². The van der Waals surface area contributed by atoms with E-state index in [4.69, 9.17) is 10.9 Å². The molecule has 1 aromatic heterocycles. The summed E-state index contributed by atoms with van der Waals surface area (Å²) < 4.78 is 1.83. The van der Waals surface area contributed by atoms with E-state index in [9.17, 15) is 4.79 Å². The molecule has 0 aliphatic carbocycles. The predicted octanol–water partition coefficient (Wildman–Crippen LogP) is 0.445. The van der Waals surface area contributed by atoms with Crippen molar-refractivity contribution in [1.29, 1.82) is 0 Å². The highest BCUT2D eigenvalue weighted by Crippen LogP contribution is 2.05. The zero-order valence-electron chi connectivity index (χ0n) is 10.9. The second kappa shape index (κ2) is 5.87. The molecule has 0 unspecified atom stereocenters. The molecule has 0 aliphatic heterocycles. The van der Waals surface area contributed by atoms with Gasteiger partial charge in [-0.15, -0.1) is 0 Å². The predicted molar refractivity (Wildman–Crippen MR) is 73.3 cm³/mol. The van der Waals surface area contributed by atoms with Gasteiger partial charge in [-0.1, -0.05) is 17.3 Å². The van der Waals surface area contributed by atoms with Gasteiger partial charge in [-0.05, 0) is 12.1 Å². The summed E-state index contributed by atoms with van der Waals surface area (Å²) in [6, 6.07) is 6.54. The van der Waals surface area contributed by atoms with E-state index < -0.39 is 0 Å². The number of amides is 1. The van der Waals surface area contributed by atoms with Crippen LogP contribution in [0.25, 0.3) is 0 Å². The van der Waals surface area contributed by atoms with Crippen LogP contribution in [0.2, 0.25) is 0 Å². The van der Waals surface area contributed by atoms with Crippen molar-refractivity contribution in [3.8, 4) is 0 Å². The van der Waals surface area contributed by atoms with E-state index in [0.717, 1.165) is 5.82 Å². The lowest BCUT2D eigenvalue weighted by Gasteiger charge is -2.06. The van der Waals surface area contributed by atoms with Gasteiger partial charge >= 0.3 is 0 Å². The minimum Gasteiger partial charge on any atom is -0.409 e. The molecule has 104 valence electrons. The highest BCUT2D eigenvalue weighted by molar-refractivity contribution is 6.01. The Hall–Kier alpha value is -2.83. The number of nitrogens with one attached hydrogen (secondary N) is 1. The van der Waals surface area contributed by atoms with Crippen LogP contribution in [0.3, 0.4) is 0 Å². The first kappa shape index (κ1) is 13.6. The molecule has 0 fully saturated rings. The fourth-order valence-corrected chi connectivity index (χ4v) is 1.71. The first-order valence-corrected chi connectivity index (χ1v) is 5.94. The van der Waals surface area contributed by atoms with E-state index in [1.807, 2.05) is 11.6 Å². The molecule has 7 nitrogen and oxygen atoms in total. The maximum atomic E-state index is 12.0. The summed E-state index contributed by atoms with van der Waals surface area (Å²) in [5.74, 6) is 0.468. The average molecular weight is 273 g/mol. The Bertz CT molecular complexity index is 648. The van der Waals surface area contributed by atoms with Gasteiger partial charge in [0.15, 0.2) is 5.84 Å². The number of aryl methyl sites for hydroxylation is 1. The zero-order valence-corrected chi connectivity index (χ0v) is 10.9. The summed E-state index contributed by atoms with van der Waals surface area (Å²) in [6.07, 6.45) is 3.47. The molecular weight excluding hydrogens is 258 g/mol. The number of carbonyl (C=O) groups excluding carboxylic acids is 1. The smallest absolute Gasteiger partial charge is 0.251 e. The van der Waals surface area contributed by atoms with Gasteiger partial charge in [0.2, 0.25) is 0 Å². The zero-order chi connectivity index (χ0) is 14.5. The SMILES string of the molecule is Cn1ccnc1CNC(=O)c1cccc(C(N)=NO)c1. The van der Waals surface area contributed by atoms with Crippen LogP contribution in [-0.2, 0) is 13.6 Å². The van der Waals surface area contributed by atoms with Gasteiger partial charge in [0, 0.05) is 30.6 Å². The van der Waals surface area contributed by atoms with Crippen molar-refractivity contribution >= 4 is 11.7 Å². The minimum absolute atomic E-state index is 0.0382. The molecule has 1 amide bonds. The standard InChI is InChI=1S/C13H15N5O2/c1-18-6-5-15-11(18)8-16-13(19)10-4-2-3-9(7-10)12(14)17-20/h2-7,20H,8H2,1H3,(H2,14,17)(H,16,19). The summed E-state index contributed by atoms with van der Waals surface area (Å²) in [4.78, 5) is 16.1. The molecule has 2 rings (SSSR count). The molecule has 4 N–H and O–H groups in total. The molecule has 0 atom stereocenters.